The minimum atomic E-state index is -0.305. The largest absolute Gasteiger partial charge is 0.479 e. The van der Waals surface area contributed by atoms with Crippen molar-refractivity contribution in [3.8, 4) is 17.3 Å². The summed E-state index contributed by atoms with van der Waals surface area (Å²) in [7, 11) is 1.52. The number of hydrogen-bond acceptors (Lipinski definition) is 7. The molecular weight excluding hydrogens is 422 g/mol. The van der Waals surface area contributed by atoms with Crippen LogP contribution in [0.25, 0.3) is 11.4 Å². The number of nitrogens with zero attached hydrogens (tertiary/aromatic N) is 6. The summed E-state index contributed by atoms with van der Waals surface area (Å²) in [6, 6.07) is 6.00. The fourth-order valence-electron chi connectivity index (χ4n) is 4.46. The van der Waals surface area contributed by atoms with E-state index in [4.69, 9.17) is 9.47 Å². The fraction of sp³-hybridized carbons (Fsp3) is 0.478. The Labute approximate surface area is 192 Å². The number of carbonyl (C=O) groups excluding carboxylic acids is 1. The Morgan fingerprint density at radius 3 is 2.94 bits per heavy atom. The summed E-state index contributed by atoms with van der Waals surface area (Å²) in [4.78, 5) is 24.6. The van der Waals surface area contributed by atoms with Gasteiger partial charge in [0.2, 0.25) is 5.88 Å². The lowest BCUT2D eigenvalue weighted by atomic mass is 10.2. The molecule has 5 heterocycles. The molecule has 0 aliphatic carbocycles. The van der Waals surface area contributed by atoms with Gasteiger partial charge < -0.3 is 19.4 Å². The number of rotatable bonds is 7. The molecule has 1 atom stereocenters. The van der Waals surface area contributed by atoms with Crippen LogP contribution in [0.15, 0.2) is 30.6 Å². The van der Waals surface area contributed by atoms with Gasteiger partial charge in [-0.1, -0.05) is 6.07 Å². The average Bonchev–Trinajstić information content (AvgIpc) is 3.55. The van der Waals surface area contributed by atoms with E-state index in [1.165, 1.54) is 7.11 Å². The highest BCUT2D eigenvalue weighted by Crippen LogP contribution is 2.31. The molecule has 0 unspecified atom stereocenters. The molecule has 1 fully saturated rings. The molecule has 2 aliphatic rings. The molecule has 174 valence electrons. The second-order valence-electron chi connectivity index (χ2n) is 8.45. The summed E-state index contributed by atoms with van der Waals surface area (Å²) in [6.45, 7) is 7.03. The van der Waals surface area contributed by atoms with Crippen molar-refractivity contribution >= 4 is 11.7 Å². The summed E-state index contributed by atoms with van der Waals surface area (Å²) >= 11 is 0. The zero-order chi connectivity index (χ0) is 22.8. The molecule has 1 amide bonds. The third-order valence-corrected chi connectivity index (χ3v) is 6.27. The maximum atomic E-state index is 13.0. The summed E-state index contributed by atoms with van der Waals surface area (Å²) in [5.74, 6) is 1.55. The molecule has 0 radical (unpaired) electrons. The lowest BCUT2D eigenvalue weighted by molar-refractivity contribution is 0.0359. The highest BCUT2D eigenvalue weighted by atomic mass is 16.5. The van der Waals surface area contributed by atoms with E-state index < -0.39 is 0 Å². The van der Waals surface area contributed by atoms with Crippen molar-refractivity contribution in [1.29, 1.82) is 0 Å². The van der Waals surface area contributed by atoms with Gasteiger partial charge in [-0.05, 0) is 25.5 Å². The molecule has 10 heteroatoms. The zero-order valence-corrected chi connectivity index (χ0v) is 19.0. The normalized spacial score (nSPS) is 18.3. The summed E-state index contributed by atoms with van der Waals surface area (Å²) in [5, 5.41) is 7.32. The molecule has 0 aromatic carbocycles. The SMILES string of the molecule is COc1nn(CCN2CCOCC2)cc1C(=O)Nc1cccc(-c2cnc3n2[C@@H](C)CC3)n1. The predicted octanol–water partition coefficient (Wildman–Crippen LogP) is 2.24. The molecular formula is C23H29N7O3. The minimum absolute atomic E-state index is 0.299. The Kier molecular flexibility index (Phi) is 6.10. The molecule has 0 bridgehead atoms. The molecule has 2 aliphatic heterocycles. The van der Waals surface area contributed by atoms with Crippen LogP contribution in [0.2, 0.25) is 0 Å². The van der Waals surface area contributed by atoms with E-state index in [0.717, 1.165) is 62.9 Å². The lowest BCUT2D eigenvalue weighted by Crippen LogP contribution is -2.38. The summed E-state index contributed by atoms with van der Waals surface area (Å²) in [5.41, 5.74) is 2.14. The second kappa shape index (κ2) is 9.32. The molecule has 33 heavy (non-hydrogen) atoms. The van der Waals surface area contributed by atoms with E-state index in [9.17, 15) is 4.79 Å². The number of nitrogens with one attached hydrogen (secondary N) is 1. The van der Waals surface area contributed by atoms with Crippen LogP contribution in [0, 0.1) is 0 Å². The number of morpholine rings is 1. The van der Waals surface area contributed by atoms with Crippen molar-refractivity contribution in [2.45, 2.75) is 32.4 Å². The van der Waals surface area contributed by atoms with Crippen LogP contribution in [-0.2, 0) is 17.7 Å². The number of anilines is 1. The number of aromatic nitrogens is 5. The summed E-state index contributed by atoms with van der Waals surface area (Å²) in [6.07, 6.45) is 5.65. The number of ether oxygens (including phenoxy) is 2. The third-order valence-electron chi connectivity index (χ3n) is 6.27. The van der Waals surface area contributed by atoms with Crippen LogP contribution in [0.3, 0.4) is 0 Å². The van der Waals surface area contributed by atoms with Gasteiger partial charge in [-0.2, -0.15) is 0 Å². The number of amides is 1. The minimum Gasteiger partial charge on any atom is -0.479 e. The average molecular weight is 452 g/mol. The number of imidazole rings is 1. The van der Waals surface area contributed by atoms with Gasteiger partial charge in [0.1, 0.15) is 17.2 Å². The first-order valence-corrected chi connectivity index (χ1v) is 11.4. The Morgan fingerprint density at radius 2 is 2.12 bits per heavy atom. The van der Waals surface area contributed by atoms with Crippen LogP contribution in [0.4, 0.5) is 5.82 Å². The first-order chi connectivity index (χ1) is 16.1. The third kappa shape index (κ3) is 4.49. The monoisotopic (exact) mass is 451 g/mol. The van der Waals surface area contributed by atoms with Gasteiger partial charge >= 0.3 is 0 Å². The highest BCUT2D eigenvalue weighted by Gasteiger charge is 2.24. The number of carbonyl (C=O) groups is 1. The van der Waals surface area contributed by atoms with Gasteiger partial charge in [0.15, 0.2) is 0 Å². The highest BCUT2D eigenvalue weighted by molar-refractivity contribution is 6.05. The van der Waals surface area contributed by atoms with Gasteiger partial charge in [0.05, 0.1) is 44.5 Å². The number of pyridine rings is 1. The first-order valence-electron chi connectivity index (χ1n) is 11.4. The zero-order valence-electron chi connectivity index (χ0n) is 19.0. The van der Waals surface area contributed by atoms with E-state index >= 15 is 0 Å². The molecule has 1 N–H and O–H groups in total. The maximum absolute atomic E-state index is 13.0. The molecule has 10 nitrogen and oxygen atoms in total. The van der Waals surface area contributed by atoms with Crippen LogP contribution < -0.4 is 10.1 Å². The Bertz CT molecular complexity index is 1130. The van der Waals surface area contributed by atoms with E-state index in [-0.39, 0.29) is 5.91 Å². The van der Waals surface area contributed by atoms with Crippen molar-refractivity contribution in [1.82, 2.24) is 29.2 Å². The number of aryl methyl sites for hydroxylation is 1. The quantitative estimate of drug-likeness (QED) is 0.588. The predicted molar refractivity (Wildman–Crippen MR) is 122 cm³/mol. The maximum Gasteiger partial charge on any atom is 0.263 e. The van der Waals surface area contributed by atoms with Crippen molar-refractivity contribution in [3.05, 3.63) is 42.0 Å². The molecule has 3 aromatic rings. The first kappa shape index (κ1) is 21.6. The Morgan fingerprint density at radius 1 is 1.27 bits per heavy atom. The van der Waals surface area contributed by atoms with Crippen LogP contribution >= 0.6 is 0 Å². The van der Waals surface area contributed by atoms with E-state index in [2.05, 4.69) is 36.8 Å². The van der Waals surface area contributed by atoms with Crippen molar-refractivity contribution < 1.29 is 14.3 Å². The van der Waals surface area contributed by atoms with Crippen molar-refractivity contribution in [3.63, 3.8) is 0 Å². The fourth-order valence-corrected chi connectivity index (χ4v) is 4.46. The van der Waals surface area contributed by atoms with Gasteiger partial charge in [0, 0.05) is 38.3 Å². The van der Waals surface area contributed by atoms with Crippen molar-refractivity contribution in [2.75, 3.05) is 45.3 Å². The molecule has 5 rings (SSSR count). The van der Waals surface area contributed by atoms with Crippen LogP contribution in [-0.4, -0.2) is 75.1 Å². The van der Waals surface area contributed by atoms with Crippen molar-refractivity contribution in [2.24, 2.45) is 0 Å². The van der Waals surface area contributed by atoms with E-state index in [1.807, 2.05) is 18.3 Å². The molecule has 0 saturated carbocycles. The van der Waals surface area contributed by atoms with Crippen LogP contribution in [0.1, 0.15) is 35.6 Å². The summed E-state index contributed by atoms with van der Waals surface area (Å²) < 4.78 is 14.7. The number of fused-ring (bicyclic) bond motifs is 1. The molecule has 3 aromatic heterocycles. The standard InChI is InChI=1S/C23H29N7O3/c1-16-6-7-21-24-14-19(30(16)21)18-4-3-5-20(25-18)26-22(31)17-15-29(27-23(17)32-2)9-8-28-10-12-33-13-11-28/h3-5,14-16H,6-13H2,1-2H3,(H,25,26,31)/t16-/m0/s1. The van der Waals surface area contributed by atoms with E-state index in [0.29, 0.717) is 29.8 Å². The molecule has 0 spiro atoms. The Balaban J connectivity index is 1.30. The van der Waals surface area contributed by atoms with Gasteiger partial charge in [0.25, 0.3) is 5.91 Å². The molecule has 1 saturated heterocycles. The topological polar surface area (TPSA) is 99.3 Å². The number of methoxy groups -OCH3 is 1. The number of hydrogen-bond donors (Lipinski definition) is 1. The van der Waals surface area contributed by atoms with Gasteiger partial charge in [-0.15, -0.1) is 5.10 Å². The van der Waals surface area contributed by atoms with Gasteiger partial charge in [-0.25, -0.2) is 9.97 Å². The second-order valence-corrected chi connectivity index (χ2v) is 8.45. The van der Waals surface area contributed by atoms with Crippen LogP contribution in [0.5, 0.6) is 5.88 Å². The van der Waals surface area contributed by atoms with E-state index in [1.54, 1.807) is 16.9 Å². The Hall–Kier alpha value is -3.24. The smallest absolute Gasteiger partial charge is 0.263 e. The lowest BCUT2D eigenvalue weighted by Gasteiger charge is -2.26. The van der Waals surface area contributed by atoms with Gasteiger partial charge in [-0.3, -0.25) is 14.4 Å².